The van der Waals surface area contributed by atoms with Gasteiger partial charge in [-0.15, -0.1) is 0 Å². The van der Waals surface area contributed by atoms with Crippen LogP contribution in [-0.4, -0.2) is 56.3 Å². The Balaban J connectivity index is 1.90. The summed E-state index contributed by atoms with van der Waals surface area (Å²) < 4.78 is 9.89. The van der Waals surface area contributed by atoms with Gasteiger partial charge in [0, 0.05) is 68.1 Å². The van der Waals surface area contributed by atoms with Crippen molar-refractivity contribution in [3.8, 4) is 0 Å². The Kier molecular flexibility index (Phi) is 9.32. The van der Waals surface area contributed by atoms with Gasteiger partial charge in [0.25, 0.3) is 0 Å². The van der Waals surface area contributed by atoms with Crippen molar-refractivity contribution in [1.29, 1.82) is 0 Å². The maximum Gasteiger partial charge on any atom is 0.305 e. The van der Waals surface area contributed by atoms with E-state index in [-0.39, 0.29) is 24.8 Å². The van der Waals surface area contributed by atoms with E-state index in [4.69, 9.17) is 9.47 Å². The van der Waals surface area contributed by atoms with Gasteiger partial charge in [-0.1, -0.05) is 0 Å². The van der Waals surface area contributed by atoms with Crippen molar-refractivity contribution in [2.75, 3.05) is 14.2 Å². The number of aromatic nitrogens is 4. The number of aromatic amines is 4. The average Bonchev–Trinajstić information content (AvgIpc) is 3.67. The molecule has 4 aromatic heterocycles. The first kappa shape index (κ1) is 32.8. The summed E-state index contributed by atoms with van der Waals surface area (Å²) in [7, 11) is 2.77. The SMILES string of the molecule is COC(=O)CCc1c2[nH]c(c1C)C=c1[nH]c(c(C)c1[C@@H](C)O)=Cc1[nH]c(c(C)c1[C@H](C)O)C=c1[nH]c(c(CCC(=O)OC)c1C)=C2. The maximum atomic E-state index is 12.2. The average molecular weight is 629 g/mol. The van der Waals surface area contributed by atoms with Crippen molar-refractivity contribution >= 4 is 36.2 Å². The largest absolute Gasteiger partial charge is 0.469 e. The number of fused-ring (bicyclic) bond motifs is 8. The lowest BCUT2D eigenvalue weighted by atomic mass is 10.0. The van der Waals surface area contributed by atoms with Crippen LogP contribution in [0, 0.1) is 27.7 Å². The minimum atomic E-state index is -0.741. The molecule has 4 aromatic rings. The molecule has 0 radical (unpaired) electrons. The highest BCUT2D eigenvalue weighted by Gasteiger charge is 2.20. The minimum absolute atomic E-state index is 0.215. The third kappa shape index (κ3) is 6.15. The molecule has 2 atom stereocenters. The van der Waals surface area contributed by atoms with Gasteiger partial charge in [0.1, 0.15) is 0 Å². The molecule has 244 valence electrons. The van der Waals surface area contributed by atoms with Gasteiger partial charge in [0.05, 0.1) is 26.4 Å². The lowest BCUT2D eigenvalue weighted by Crippen LogP contribution is -2.14. The molecule has 0 saturated carbocycles. The van der Waals surface area contributed by atoms with Gasteiger partial charge in [0.15, 0.2) is 0 Å². The summed E-state index contributed by atoms with van der Waals surface area (Å²) in [5, 5.41) is 25.0. The molecule has 0 aliphatic carbocycles. The third-order valence-electron chi connectivity index (χ3n) is 9.24. The van der Waals surface area contributed by atoms with Crippen LogP contribution in [0.3, 0.4) is 0 Å². The highest BCUT2D eigenvalue weighted by Crippen LogP contribution is 2.27. The number of nitrogens with one attached hydrogen (secondary N) is 4. The van der Waals surface area contributed by atoms with E-state index in [0.29, 0.717) is 12.8 Å². The second-order valence-corrected chi connectivity index (χ2v) is 12.2. The number of ether oxygens (including phenoxy) is 2. The molecular formula is C36H44N4O6. The zero-order valence-corrected chi connectivity index (χ0v) is 27.8. The van der Waals surface area contributed by atoms with Crippen LogP contribution in [0.15, 0.2) is 0 Å². The van der Waals surface area contributed by atoms with Crippen molar-refractivity contribution in [2.45, 2.75) is 79.4 Å². The summed E-state index contributed by atoms with van der Waals surface area (Å²) in [6, 6.07) is 0. The molecule has 0 aromatic carbocycles. The molecular weight excluding hydrogens is 584 g/mol. The first-order valence-corrected chi connectivity index (χ1v) is 15.6. The molecule has 46 heavy (non-hydrogen) atoms. The molecule has 5 rings (SSSR count). The Bertz CT molecular complexity index is 2070. The fourth-order valence-corrected chi connectivity index (χ4v) is 6.67. The van der Waals surface area contributed by atoms with E-state index in [0.717, 1.165) is 88.7 Å². The molecule has 10 heteroatoms. The lowest BCUT2D eigenvalue weighted by molar-refractivity contribution is -0.141. The predicted octanol–water partition coefficient (Wildman–Crippen LogP) is 2.18. The summed E-state index contributed by atoms with van der Waals surface area (Å²) in [5.74, 6) is -0.589. The third-order valence-corrected chi connectivity index (χ3v) is 9.24. The van der Waals surface area contributed by atoms with Gasteiger partial charge in [-0.2, -0.15) is 0 Å². The number of carbonyl (C=O) groups excluding carboxylic acids is 2. The van der Waals surface area contributed by atoms with Crippen LogP contribution in [0.1, 0.15) is 106 Å². The molecule has 0 spiro atoms. The Labute approximate surface area is 267 Å². The van der Waals surface area contributed by atoms with Crippen LogP contribution in [-0.2, 0) is 31.9 Å². The molecule has 10 nitrogen and oxygen atoms in total. The molecule has 8 bridgehead atoms. The second kappa shape index (κ2) is 13.1. The van der Waals surface area contributed by atoms with Crippen molar-refractivity contribution in [3.63, 3.8) is 0 Å². The Morgan fingerprint density at radius 3 is 1.67 bits per heavy atom. The van der Waals surface area contributed by atoms with Gasteiger partial charge in [-0.05, 0) is 112 Å². The zero-order chi connectivity index (χ0) is 33.4. The van der Waals surface area contributed by atoms with E-state index in [1.807, 2.05) is 52.0 Å². The van der Waals surface area contributed by atoms with Gasteiger partial charge < -0.3 is 39.6 Å². The van der Waals surface area contributed by atoms with Gasteiger partial charge in [-0.25, -0.2) is 0 Å². The number of aliphatic hydroxyl groups excluding tert-OH is 2. The highest BCUT2D eigenvalue weighted by atomic mass is 16.5. The van der Waals surface area contributed by atoms with E-state index >= 15 is 0 Å². The summed E-state index contributed by atoms with van der Waals surface area (Å²) in [4.78, 5) is 38.6. The van der Waals surface area contributed by atoms with Crippen molar-refractivity contribution < 1.29 is 29.3 Å². The molecule has 0 saturated heterocycles. The highest BCUT2D eigenvalue weighted by molar-refractivity contribution is 5.71. The summed E-state index contributed by atoms with van der Waals surface area (Å²) >= 11 is 0. The van der Waals surface area contributed by atoms with E-state index in [9.17, 15) is 19.8 Å². The van der Waals surface area contributed by atoms with Crippen LogP contribution in [0.5, 0.6) is 0 Å². The normalized spacial score (nSPS) is 13.6. The van der Waals surface area contributed by atoms with E-state index < -0.39 is 12.2 Å². The fraction of sp³-hybridized carbons (Fsp3) is 0.389. The number of hydrogen-bond donors (Lipinski definition) is 6. The number of aliphatic hydroxyl groups is 2. The van der Waals surface area contributed by atoms with Crippen molar-refractivity contribution in [2.24, 2.45) is 0 Å². The van der Waals surface area contributed by atoms with E-state index in [1.54, 1.807) is 13.8 Å². The molecule has 6 N–H and O–H groups in total. The fourth-order valence-electron chi connectivity index (χ4n) is 6.67. The molecule has 5 heterocycles. The first-order valence-electron chi connectivity index (χ1n) is 15.6. The van der Waals surface area contributed by atoms with Crippen LogP contribution in [0.4, 0.5) is 0 Å². The van der Waals surface area contributed by atoms with Crippen LogP contribution >= 0.6 is 0 Å². The topological polar surface area (TPSA) is 156 Å². The number of rotatable bonds is 8. The monoisotopic (exact) mass is 628 g/mol. The van der Waals surface area contributed by atoms with Crippen LogP contribution in [0.25, 0.3) is 24.3 Å². The number of methoxy groups -OCH3 is 2. The quantitative estimate of drug-likeness (QED) is 0.145. The number of carbonyl (C=O) groups is 2. The second-order valence-electron chi connectivity index (χ2n) is 12.2. The zero-order valence-electron chi connectivity index (χ0n) is 27.8. The summed E-state index contributed by atoms with van der Waals surface area (Å²) in [6.07, 6.45) is 7.93. The predicted molar refractivity (Wildman–Crippen MR) is 177 cm³/mol. The van der Waals surface area contributed by atoms with Crippen LogP contribution < -0.4 is 21.4 Å². The molecule has 0 fully saturated rings. The molecule has 0 unspecified atom stereocenters. The number of esters is 2. The minimum Gasteiger partial charge on any atom is -0.469 e. The Morgan fingerprint density at radius 2 is 1.07 bits per heavy atom. The van der Waals surface area contributed by atoms with Crippen molar-refractivity contribution in [1.82, 2.24) is 19.9 Å². The van der Waals surface area contributed by atoms with E-state index in [1.165, 1.54) is 14.2 Å². The first-order chi connectivity index (χ1) is 21.8. The Hall–Kier alpha value is -4.54. The van der Waals surface area contributed by atoms with E-state index in [2.05, 4.69) is 19.9 Å². The maximum absolute atomic E-state index is 12.2. The standard InChI is InChI=1S/C36H44N4O6/c1-17-23(9-11-33(43)45-7)29-16-30-24(10-12-34(44)46-8)18(2)26(38-30)14-31-36(22(6)42)20(4)28(40-31)15-32-35(21(5)41)19(3)27(39-32)13-25(17)37-29/h13-16,21-22,37-42H,9-12H2,1-8H3/t21-,22+/m0/s1. The molecule has 0 amide bonds. The summed E-state index contributed by atoms with van der Waals surface area (Å²) in [6.45, 7) is 11.5. The summed E-state index contributed by atoms with van der Waals surface area (Å²) in [5.41, 5.74) is 10.6. The smallest absolute Gasteiger partial charge is 0.305 e. The number of H-pyrrole nitrogens is 4. The molecule has 1 aliphatic rings. The number of hydrogen-bond acceptors (Lipinski definition) is 6. The van der Waals surface area contributed by atoms with Gasteiger partial charge in [0.2, 0.25) is 0 Å². The van der Waals surface area contributed by atoms with Gasteiger partial charge in [-0.3, -0.25) is 9.59 Å². The lowest BCUT2D eigenvalue weighted by Gasteiger charge is -2.05. The molecule has 1 aliphatic heterocycles. The van der Waals surface area contributed by atoms with Gasteiger partial charge >= 0.3 is 11.9 Å². The van der Waals surface area contributed by atoms with Crippen molar-refractivity contribution in [3.05, 3.63) is 88.7 Å². The Morgan fingerprint density at radius 1 is 0.587 bits per heavy atom. The van der Waals surface area contributed by atoms with Crippen LogP contribution in [0.2, 0.25) is 0 Å².